The van der Waals surface area contributed by atoms with Gasteiger partial charge >= 0.3 is 0 Å². The Hall–Kier alpha value is -0.300. The summed E-state index contributed by atoms with van der Waals surface area (Å²) >= 11 is 0. The lowest BCUT2D eigenvalue weighted by Gasteiger charge is -2.44. The van der Waals surface area contributed by atoms with Crippen molar-refractivity contribution < 1.29 is 0 Å². The van der Waals surface area contributed by atoms with Gasteiger partial charge in [-0.05, 0) is 23.7 Å². The van der Waals surface area contributed by atoms with Crippen LogP contribution in [0.3, 0.4) is 0 Å². The third-order valence-electron chi connectivity index (χ3n) is 4.79. The molecule has 80 valence electrons. The Kier molecular flexibility index (Phi) is 2.26. The molecule has 0 amide bonds. The van der Waals surface area contributed by atoms with Crippen molar-refractivity contribution in [2.24, 2.45) is 10.8 Å². The Balaban J connectivity index is 2.22. The molecule has 1 aliphatic carbocycles. The Morgan fingerprint density at radius 1 is 1.50 bits per heavy atom. The molecular formula is C13H23N. The first kappa shape index (κ1) is 10.2. The highest BCUT2D eigenvalue weighted by molar-refractivity contribution is 5.16. The third kappa shape index (κ3) is 1.42. The zero-order valence-corrected chi connectivity index (χ0v) is 9.93. The summed E-state index contributed by atoms with van der Waals surface area (Å²) in [5, 5.41) is 3.61. The van der Waals surface area contributed by atoms with Gasteiger partial charge in [-0.3, -0.25) is 0 Å². The number of fused-ring (bicyclic) bond motifs is 2. The predicted octanol–water partition coefficient (Wildman–Crippen LogP) is 3.12. The molecule has 0 spiro atoms. The Morgan fingerprint density at radius 3 is 2.71 bits per heavy atom. The van der Waals surface area contributed by atoms with E-state index in [2.05, 4.69) is 45.2 Å². The van der Waals surface area contributed by atoms with Crippen molar-refractivity contribution in [3.63, 3.8) is 0 Å². The van der Waals surface area contributed by atoms with Gasteiger partial charge in [-0.1, -0.05) is 46.3 Å². The van der Waals surface area contributed by atoms with Crippen molar-refractivity contribution in [3.05, 3.63) is 12.2 Å². The largest absolute Gasteiger partial charge is 0.308 e. The highest BCUT2D eigenvalue weighted by atomic mass is 15.0. The molecule has 2 bridgehead atoms. The van der Waals surface area contributed by atoms with E-state index in [9.17, 15) is 0 Å². The van der Waals surface area contributed by atoms with Crippen LogP contribution < -0.4 is 5.32 Å². The molecule has 0 saturated carbocycles. The van der Waals surface area contributed by atoms with E-state index in [1.165, 1.54) is 19.3 Å². The van der Waals surface area contributed by atoms with Gasteiger partial charge in [-0.2, -0.15) is 0 Å². The van der Waals surface area contributed by atoms with Gasteiger partial charge in [-0.25, -0.2) is 0 Å². The molecule has 3 aliphatic rings. The molecular weight excluding hydrogens is 170 g/mol. The van der Waals surface area contributed by atoms with Crippen molar-refractivity contribution in [3.8, 4) is 0 Å². The fourth-order valence-electron chi connectivity index (χ4n) is 2.68. The first-order chi connectivity index (χ1) is 6.47. The first-order valence-electron chi connectivity index (χ1n) is 5.92. The number of allylic oxidation sites excluding steroid dienone is 1. The lowest BCUT2D eigenvalue weighted by molar-refractivity contribution is 0.102. The van der Waals surface area contributed by atoms with Crippen LogP contribution in [0.4, 0.5) is 0 Å². The predicted molar refractivity (Wildman–Crippen MR) is 61.3 cm³/mol. The van der Waals surface area contributed by atoms with Gasteiger partial charge in [0, 0.05) is 12.1 Å². The molecule has 0 aromatic carbocycles. The van der Waals surface area contributed by atoms with E-state index < -0.39 is 0 Å². The van der Waals surface area contributed by atoms with E-state index in [4.69, 9.17) is 0 Å². The fourth-order valence-corrected chi connectivity index (χ4v) is 2.68. The normalized spacial score (nSPS) is 41.7. The van der Waals surface area contributed by atoms with E-state index in [1.54, 1.807) is 0 Å². The van der Waals surface area contributed by atoms with Gasteiger partial charge in [0.15, 0.2) is 0 Å². The zero-order valence-electron chi connectivity index (χ0n) is 9.93. The summed E-state index contributed by atoms with van der Waals surface area (Å²) in [5.74, 6) is 0. The van der Waals surface area contributed by atoms with Crippen LogP contribution in [-0.2, 0) is 0 Å². The minimum absolute atomic E-state index is 0.380. The molecule has 14 heavy (non-hydrogen) atoms. The number of hydrogen-bond donors (Lipinski definition) is 1. The maximum atomic E-state index is 3.61. The smallest absolute Gasteiger partial charge is 0.0267 e. The molecule has 3 rings (SSSR count). The summed E-state index contributed by atoms with van der Waals surface area (Å²) in [6, 6.07) is 1.44. The molecule has 1 N–H and O–H groups in total. The average Bonchev–Trinajstić information content (AvgIpc) is 2.33. The molecule has 1 saturated heterocycles. The molecule has 0 radical (unpaired) electrons. The topological polar surface area (TPSA) is 12.0 Å². The quantitative estimate of drug-likeness (QED) is 0.664. The van der Waals surface area contributed by atoms with Crippen LogP contribution in [0.2, 0.25) is 0 Å². The minimum atomic E-state index is 0.380. The van der Waals surface area contributed by atoms with Crippen molar-refractivity contribution in [2.75, 3.05) is 0 Å². The van der Waals surface area contributed by atoms with Crippen molar-refractivity contribution in [2.45, 2.75) is 59.0 Å². The van der Waals surface area contributed by atoms with E-state index in [0.29, 0.717) is 16.9 Å². The number of rotatable bonds is 2. The van der Waals surface area contributed by atoms with Gasteiger partial charge in [0.25, 0.3) is 0 Å². The van der Waals surface area contributed by atoms with E-state index in [-0.39, 0.29) is 0 Å². The third-order valence-corrected chi connectivity index (χ3v) is 4.79. The highest BCUT2D eigenvalue weighted by Crippen LogP contribution is 2.49. The molecule has 0 aromatic rings. The molecule has 3 atom stereocenters. The Bertz CT molecular complexity index is 248. The second-order valence-corrected chi connectivity index (χ2v) is 5.92. The minimum Gasteiger partial charge on any atom is -0.308 e. The monoisotopic (exact) mass is 193 g/mol. The molecule has 3 unspecified atom stereocenters. The van der Waals surface area contributed by atoms with Crippen LogP contribution in [0.25, 0.3) is 0 Å². The second kappa shape index (κ2) is 3.10. The Labute approximate surface area is 88.0 Å². The summed E-state index contributed by atoms with van der Waals surface area (Å²) in [6.45, 7) is 9.54. The van der Waals surface area contributed by atoms with Gasteiger partial charge in [0.1, 0.15) is 0 Å². The van der Waals surface area contributed by atoms with E-state index in [0.717, 1.165) is 6.04 Å². The number of nitrogens with one attached hydrogen (secondary N) is 1. The van der Waals surface area contributed by atoms with Gasteiger partial charge < -0.3 is 5.32 Å². The standard InChI is InChI=1S/C13H23N/c1-5-12(2,3)13(4)7-6-10-8-11(9-13)14-10/h6-7,10-11,14H,5,8-9H2,1-4H3. The molecule has 1 fully saturated rings. The van der Waals surface area contributed by atoms with Crippen LogP contribution in [0.1, 0.15) is 47.0 Å². The highest BCUT2D eigenvalue weighted by Gasteiger charge is 2.44. The van der Waals surface area contributed by atoms with Crippen LogP contribution in [0.5, 0.6) is 0 Å². The molecule has 0 aromatic heterocycles. The molecule has 2 aliphatic heterocycles. The molecule has 1 nitrogen and oxygen atoms in total. The zero-order chi connectivity index (χ0) is 10.4. The lowest BCUT2D eigenvalue weighted by atomic mass is 9.62. The van der Waals surface area contributed by atoms with Crippen molar-refractivity contribution in [1.29, 1.82) is 0 Å². The summed E-state index contributed by atoms with van der Waals surface area (Å²) in [5.41, 5.74) is 0.799. The first-order valence-corrected chi connectivity index (χ1v) is 5.92. The van der Waals surface area contributed by atoms with Crippen LogP contribution in [0, 0.1) is 10.8 Å². The fraction of sp³-hybridized carbons (Fsp3) is 0.846. The van der Waals surface area contributed by atoms with E-state index in [1.807, 2.05) is 0 Å². The van der Waals surface area contributed by atoms with Gasteiger partial charge in [0.2, 0.25) is 0 Å². The summed E-state index contributed by atoms with van der Waals surface area (Å²) < 4.78 is 0. The van der Waals surface area contributed by atoms with E-state index >= 15 is 0 Å². The van der Waals surface area contributed by atoms with Crippen LogP contribution in [-0.4, -0.2) is 12.1 Å². The van der Waals surface area contributed by atoms with Crippen molar-refractivity contribution in [1.82, 2.24) is 5.32 Å². The second-order valence-electron chi connectivity index (χ2n) is 5.92. The van der Waals surface area contributed by atoms with Gasteiger partial charge in [0.05, 0.1) is 0 Å². The average molecular weight is 193 g/mol. The SMILES string of the molecule is CCC(C)(C)C1(C)C=CC2CC(C1)N2. The maximum absolute atomic E-state index is 3.61. The molecule has 1 heteroatoms. The summed E-state index contributed by atoms with van der Waals surface area (Å²) in [4.78, 5) is 0. The van der Waals surface area contributed by atoms with Crippen LogP contribution in [0.15, 0.2) is 12.2 Å². The number of hydrogen-bond acceptors (Lipinski definition) is 1. The Morgan fingerprint density at radius 2 is 2.14 bits per heavy atom. The van der Waals surface area contributed by atoms with Crippen molar-refractivity contribution >= 4 is 0 Å². The lowest BCUT2D eigenvalue weighted by Crippen LogP contribution is -2.52. The van der Waals surface area contributed by atoms with Crippen LogP contribution >= 0.6 is 0 Å². The molecule has 2 heterocycles. The maximum Gasteiger partial charge on any atom is 0.0267 e. The summed E-state index contributed by atoms with van der Waals surface area (Å²) in [6.07, 6.45) is 8.78. The van der Waals surface area contributed by atoms with Gasteiger partial charge in [-0.15, -0.1) is 0 Å². The summed E-state index contributed by atoms with van der Waals surface area (Å²) in [7, 11) is 0.